The number of benzene rings is 2. The van der Waals surface area contributed by atoms with E-state index in [4.69, 9.17) is 16.6 Å². The van der Waals surface area contributed by atoms with Crippen LogP contribution in [0, 0.1) is 20.8 Å². The van der Waals surface area contributed by atoms with E-state index >= 15 is 0 Å². The predicted octanol–water partition coefficient (Wildman–Crippen LogP) is 4.95. The molecule has 0 unspecified atom stereocenters. The molecule has 3 aromatic rings. The number of nitrogens with zero attached hydrogens (tertiary/aromatic N) is 4. The van der Waals surface area contributed by atoms with Crippen LogP contribution in [-0.2, 0) is 13.1 Å². The van der Waals surface area contributed by atoms with Gasteiger partial charge in [0.1, 0.15) is 0 Å². The van der Waals surface area contributed by atoms with Crippen LogP contribution >= 0.6 is 11.6 Å². The summed E-state index contributed by atoms with van der Waals surface area (Å²) < 4.78 is 1.96. The van der Waals surface area contributed by atoms with E-state index in [1.54, 1.807) is 6.07 Å². The first-order valence-electron chi connectivity index (χ1n) is 10.9. The monoisotopic (exact) mass is 466 g/mol. The number of anilines is 2. The van der Waals surface area contributed by atoms with Crippen molar-refractivity contribution in [1.82, 2.24) is 15.1 Å². The summed E-state index contributed by atoms with van der Waals surface area (Å²) in [6, 6.07) is 13.0. The normalized spacial score (nSPS) is 11.4. The molecule has 0 fully saturated rings. The fraction of sp³-hybridized carbons (Fsp3) is 0.320. The Kier molecular flexibility index (Phi) is 7.76. The van der Waals surface area contributed by atoms with E-state index < -0.39 is 0 Å². The van der Waals surface area contributed by atoms with E-state index in [1.165, 1.54) is 0 Å². The van der Waals surface area contributed by atoms with Gasteiger partial charge in [-0.3, -0.25) is 14.8 Å². The van der Waals surface area contributed by atoms with Crippen molar-refractivity contribution in [2.45, 2.75) is 40.8 Å². The molecule has 7 nitrogen and oxygen atoms in total. The Hall–Kier alpha value is -3.32. The van der Waals surface area contributed by atoms with Gasteiger partial charge in [0.15, 0.2) is 0 Å². The molecule has 2 N–H and O–H groups in total. The average molecular weight is 467 g/mol. The Bertz CT molecular complexity index is 1180. The van der Waals surface area contributed by atoms with Crippen molar-refractivity contribution in [2.75, 3.05) is 24.3 Å². The highest BCUT2D eigenvalue weighted by Gasteiger charge is 2.14. The fourth-order valence-electron chi connectivity index (χ4n) is 3.51. The van der Waals surface area contributed by atoms with E-state index in [9.17, 15) is 4.79 Å². The van der Waals surface area contributed by atoms with Gasteiger partial charge in [-0.25, -0.2) is 4.99 Å². The Morgan fingerprint density at radius 1 is 1.15 bits per heavy atom. The molecule has 0 atom stereocenters. The highest BCUT2D eigenvalue weighted by atomic mass is 35.5. The SMILES string of the molecule is CCn1nc(C)c(CN=C(NC(=O)c2cccc(N(C)C)c2)Nc2cccc(Cl)c2C)c1C. The van der Waals surface area contributed by atoms with Crippen LogP contribution < -0.4 is 15.5 Å². The minimum absolute atomic E-state index is 0.248. The van der Waals surface area contributed by atoms with E-state index in [1.807, 2.05) is 80.8 Å². The van der Waals surface area contributed by atoms with E-state index in [2.05, 4.69) is 22.7 Å². The number of guanidine groups is 1. The first-order valence-corrected chi connectivity index (χ1v) is 11.3. The number of rotatable bonds is 6. The van der Waals surface area contributed by atoms with Crippen molar-refractivity contribution in [3.05, 3.63) is 75.6 Å². The Morgan fingerprint density at radius 3 is 2.55 bits per heavy atom. The van der Waals surface area contributed by atoms with Crippen molar-refractivity contribution in [3.8, 4) is 0 Å². The molecule has 0 radical (unpaired) electrons. The smallest absolute Gasteiger partial charge is 0.258 e. The summed E-state index contributed by atoms with van der Waals surface area (Å²) in [5.74, 6) is 0.103. The molecule has 0 spiro atoms. The number of aromatic nitrogens is 2. The van der Waals surface area contributed by atoms with Crippen LogP contribution in [0.25, 0.3) is 0 Å². The molecule has 0 aliphatic carbocycles. The van der Waals surface area contributed by atoms with Crippen molar-refractivity contribution in [1.29, 1.82) is 0 Å². The fourth-order valence-corrected chi connectivity index (χ4v) is 3.69. The number of carbonyl (C=O) groups is 1. The van der Waals surface area contributed by atoms with Crippen molar-refractivity contribution >= 4 is 34.8 Å². The molecule has 0 aliphatic rings. The maximum absolute atomic E-state index is 13.1. The number of hydrogen-bond acceptors (Lipinski definition) is 4. The molecule has 33 heavy (non-hydrogen) atoms. The van der Waals surface area contributed by atoms with E-state index in [0.29, 0.717) is 23.1 Å². The van der Waals surface area contributed by atoms with Gasteiger partial charge < -0.3 is 10.2 Å². The van der Waals surface area contributed by atoms with Gasteiger partial charge in [0.2, 0.25) is 5.96 Å². The average Bonchev–Trinajstić information content (AvgIpc) is 3.07. The first-order chi connectivity index (χ1) is 15.7. The van der Waals surface area contributed by atoms with Crippen molar-refractivity contribution in [3.63, 3.8) is 0 Å². The van der Waals surface area contributed by atoms with Crippen LogP contribution in [0.4, 0.5) is 11.4 Å². The van der Waals surface area contributed by atoms with Crippen molar-refractivity contribution < 1.29 is 4.79 Å². The van der Waals surface area contributed by atoms with Gasteiger partial charge in [-0.05, 0) is 63.6 Å². The van der Waals surface area contributed by atoms with E-state index in [-0.39, 0.29) is 5.91 Å². The maximum atomic E-state index is 13.1. The zero-order valence-electron chi connectivity index (χ0n) is 20.0. The lowest BCUT2D eigenvalue weighted by molar-refractivity contribution is 0.0977. The van der Waals surface area contributed by atoms with E-state index in [0.717, 1.165) is 40.4 Å². The number of aliphatic imine (C=N–C) groups is 1. The molecule has 0 bridgehead atoms. The minimum Gasteiger partial charge on any atom is -0.378 e. The van der Waals surface area contributed by atoms with Crippen LogP contribution in [0.15, 0.2) is 47.5 Å². The zero-order valence-corrected chi connectivity index (χ0v) is 20.8. The van der Waals surface area contributed by atoms with Crippen molar-refractivity contribution in [2.24, 2.45) is 4.99 Å². The minimum atomic E-state index is -0.248. The van der Waals surface area contributed by atoms with Crippen LogP contribution in [0.5, 0.6) is 0 Å². The largest absolute Gasteiger partial charge is 0.378 e. The second-order valence-electron chi connectivity index (χ2n) is 8.07. The summed E-state index contributed by atoms with van der Waals surface area (Å²) in [6.07, 6.45) is 0. The summed E-state index contributed by atoms with van der Waals surface area (Å²) >= 11 is 6.30. The lowest BCUT2D eigenvalue weighted by atomic mass is 10.2. The molecule has 1 amide bonds. The first kappa shape index (κ1) is 24.3. The molecule has 1 heterocycles. The standard InChI is InChI=1S/C25H31ClN6O/c1-7-32-18(4)21(17(3)30-32)15-27-25(28-23-13-9-12-22(26)16(23)2)29-24(33)19-10-8-11-20(14-19)31(5)6/h8-14H,7,15H2,1-6H3,(H2,27,28,29,33). The highest BCUT2D eigenvalue weighted by molar-refractivity contribution is 6.31. The molecule has 0 saturated heterocycles. The third kappa shape index (κ3) is 5.73. The van der Waals surface area contributed by atoms with Crippen LogP contribution in [0.3, 0.4) is 0 Å². The van der Waals surface area contributed by atoms with Gasteiger partial charge >= 0.3 is 0 Å². The van der Waals surface area contributed by atoms with Gasteiger partial charge in [-0.2, -0.15) is 5.10 Å². The van der Waals surface area contributed by atoms with Crippen LogP contribution in [-0.4, -0.2) is 35.7 Å². The van der Waals surface area contributed by atoms with Gasteiger partial charge in [-0.1, -0.05) is 23.7 Å². The molecule has 0 saturated carbocycles. The molecule has 0 aliphatic heterocycles. The van der Waals surface area contributed by atoms with Gasteiger partial charge in [0.05, 0.1) is 12.2 Å². The summed E-state index contributed by atoms with van der Waals surface area (Å²) in [5, 5.41) is 11.4. The molecule has 3 rings (SSSR count). The Labute approximate surface area is 200 Å². The Balaban J connectivity index is 1.92. The summed E-state index contributed by atoms with van der Waals surface area (Å²) in [7, 11) is 3.88. The number of aryl methyl sites for hydroxylation is 2. The number of carbonyl (C=O) groups excluding carboxylic acids is 1. The Morgan fingerprint density at radius 2 is 1.88 bits per heavy atom. The number of nitrogens with one attached hydrogen (secondary N) is 2. The second-order valence-corrected chi connectivity index (χ2v) is 8.47. The summed E-state index contributed by atoms with van der Waals surface area (Å²) in [6.45, 7) is 9.17. The molecular formula is C25H31ClN6O. The third-order valence-corrected chi connectivity index (χ3v) is 6.01. The molecule has 8 heteroatoms. The molecular weight excluding hydrogens is 436 g/mol. The predicted molar refractivity (Wildman–Crippen MR) is 137 cm³/mol. The van der Waals surface area contributed by atoms with Gasteiger partial charge in [0, 0.05) is 53.9 Å². The maximum Gasteiger partial charge on any atom is 0.258 e. The topological polar surface area (TPSA) is 74.5 Å². The third-order valence-electron chi connectivity index (χ3n) is 5.60. The van der Waals surface area contributed by atoms with Gasteiger partial charge in [-0.15, -0.1) is 0 Å². The lowest BCUT2D eigenvalue weighted by Crippen LogP contribution is -2.36. The number of amides is 1. The number of halogens is 1. The highest BCUT2D eigenvalue weighted by Crippen LogP contribution is 2.23. The molecule has 1 aromatic heterocycles. The van der Waals surface area contributed by atoms with Gasteiger partial charge in [0.25, 0.3) is 5.91 Å². The summed E-state index contributed by atoms with van der Waals surface area (Å²) in [4.78, 5) is 19.7. The number of hydrogen-bond donors (Lipinski definition) is 2. The zero-order chi connectivity index (χ0) is 24.1. The molecule has 174 valence electrons. The second kappa shape index (κ2) is 10.5. The molecule has 2 aromatic carbocycles. The van der Waals surface area contributed by atoms with Crippen LogP contribution in [0.2, 0.25) is 5.02 Å². The summed E-state index contributed by atoms with van der Waals surface area (Å²) in [5.41, 5.74) is 6.19. The lowest BCUT2D eigenvalue weighted by Gasteiger charge is -2.16. The van der Waals surface area contributed by atoms with Crippen LogP contribution in [0.1, 0.15) is 39.8 Å². The quantitative estimate of drug-likeness (QED) is 0.398.